The largest absolute Gasteiger partial charge is 0.392 e. The fourth-order valence-corrected chi connectivity index (χ4v) is 4.06. The van der Waals surface area contributed by atoms with E-state index in [1.54, 1.807) is 4.72 Å². The lowest BCUT2D eigenvalue weighted by atomic mass is 9.78. The summed E-state index contributed by atoms with van der Waals surface area (Å²) in [7, 11) is -2.91. The van der Waals surface area contributed by atoms with Crippen molar-refractivity contribution in [1.29, 1.82) is 0 Å². The van der Waals surface area contributed by atoms with Gasteiger partial charge >= 0.3 is 6.18 Å². The maximum atomic E-state index is 13.1. The molecule has 1 aliphatic carbocycles. The summed E-state index contributed by atoms with van der Waals surface area (Å²) in [5.41, 5.74) is 0.210. The van der Waals surface area contributed by atoms with Crippen LogP contribution in [0.5, 0.6) is 0 Å². The molecule has 0 saturated heterocycles. The van der Waals surface area contributed by atoms with Crippen LogP contribution in [0.25, 0.3) is 0 Å². The quantitative estimate of drug-likeness (QED) is 0.822. The Bertz CT molecular complexity index is 776. The maximum Gasteiger partial charge on any atom is 0.392 e. The fourth-order valence-electron chi connectivity index (χ4n) is 3.03. The Morgan fingerprint density at radius 1 is 1.08 bits per heavy atom. The van der Waals surface area contributed by atoms with Crippen molar-refractivity contribution in [3.8, 4) is 0 Å². The number of hydrogen-bond donors (Lipinski definition) is 2. The van der Waals surface area contributed by atoms with Crippen LogP contribution in [0.4, 0.5) is 13.2 Å². The van der Waals surface area contributed by atoms with Crippen LogP contribution < -0.4 is 10.0 Å². The maximum absolute atomic E-state index is 13.1. The molecule has 10 heteroatoms. The molecule has 0 aliphatic heterocycles. The van der Waals surface area contributed by atoms with Crippen molar-refractivity contribution in [3.63, 3.8) is 0 Å². The monoisotopic (exact) mass is 392 g/mol. The molecule has 0 heterocycles. The van der Waals surface area contributed by atoms with Crippen molar-refractivity contribution in [1.82, 2.24) is 10.0 Å². The number of nitrogens with one attached hydrogen (secondary N) is 2. The van der Waals surface area contributed by atoms with Crippen LogP contribution in [0.1, 0.15) is 36.0 Å². The molecular formula is C16H19F3N2O4S. The molecule has 2 amide bonds. The van der Waals surface area contributed by atoms with Crippen LogP contribution in [0.15, 0.2) is 29.2 Å². The topological polar surface area (TPSA) is 92.3 Å². The molecule has 26 heavy (non-hydrogen) atoms. The molecule has 1 saturated carbocycles. The Morgan fingerprint density at radius 3 is 2.19 bits per heavy atom. The third-order valence-electron chi connectivity index (χ3n) is 4.41. The van der Waals surface area contributed by atoms with Gasteiger partial charge in [-0.3, -0.25) is 9.59 Å². The van der Waals surface area contributed by atoms with Gasteiger partial charge in [-0.1, -0.05) is 12.8 Å². The molecule has 6 nitrogen and oxygen atoms in total. The van der Waals surface area contributed by atoms with E-state index in [0.717, 1.165) is 12.1 Å². The third-order valence-corrected chi connectivity index (χ3v) is 5.77. The number of rotatable bonds is 4. The number of hydrogen-bond acceptors (Lipinski definition) is 4. The Labute approximate surface area is 149 Å². The predicted octanol–water partition coefficient (Wildman–Crippen LogP) is 2.22. The second-order valence-electron chi connectivity index (χ2n) is 6.11. The van der Waals surface area contributed by atoms with Gasteiger partial charge in [0, 0.05) is 12.6 Å². The third kappa shape index (κ3) is 4.54. The van der Waals surface area contributed by atoms with Gasteiger partial charge in [0.05, 0.1) is 16.7 Å². The van der Waals surface area contributed by atoms with E-state index in [1.807, 2.05) is 0 Å². The molecule has 2 N–H and O–H groups in total. The van der Waals surface area contributed by atoms with E-state index in [1.165, 1.54) is 19.2 Å². The Morgan fingerprint density at radius 2 is 1.65 bits per heavy atom. The van der Waals surface area contributed by atoms with Crippen molar-refractivity contribution in [2.75, 3.05) is 7.05 Å². The highest BCUT2D eigenvalue weighted by Crippen LogP contribution is 2.41. The lowest BCUT2D eigenvalue weighted by Crippen LogP contribution is -2.44. The summed E-state index contributed by atoms with van der Waals surface area (Å²) in [6.45, 7) is 0. The summed E-state index contributed by atoms with van der Waals surface area (Å²) >= 11 is 0. The molecule has 0 radical (unpaired) electrons. The van der Waals surface area contributed by atoms with E-state index < -0.39 is 39.8 Å². The van der Waals surface area contributed by atoms with E-state index >= 15 is 0 Å². The first-order valence-corrected chi connectivity index (χ1v) is 9.50. The Kier molecular flexibility index (Phi) is 5.94. The molecule has 2 atom stereocenters. The molecule has 1 aromatic carbocycles. The average molecular weight is 392 g/mol. The van der Waals surface area contributed by atoms with E-state index in [4.69, 9.17) is 0 Å². The van der Waals surface area contributed by atoms with Crippen LogP contribution in [-0.2, 0) is 14.8 Å². The number of amides is 2. The SMILES string of the molecule is CNC(=O)c1ccc(S(=O)(=O)NC(=O)[C@@H]2CCCC[C@H]2C(F)(F)F)cc1. The van der Waals surface area contributed by atoms with Gasteiger partial charge in [0.2, 0.25) is 5.91 Å². The molecule has 0 spiro atoms. The van der Waals surface area contributed by atoms with Crippen LogP contribution in [0.3, 0.4) is 0 Å². The molecule has 0 unspecified atom stereocenters. The summed E-state index contributed by atoms with van der Waals surface area (Å²) in [6.07, 6.45) is -3.97. The van der Waals surface area contributed by atoms with Crippen molar-refractivity contribution in [2.24, 2.45) is 11.8 Å². The van der Waals surface area contributed by atoms with Gasteiger partial charge in [0.25, 0.3) is 15.9 Å². The molecule has 1 aliphatic rings. The van der Waals surface area contributed by atoms with Gasteiger partial charge in [0.1, 0.15) is 0 Å². The first-order valence-electron chi connectivity index (χ1n) is 8.02. The number of sulfonamides is 1. The summed E-state index contributed by atoms with van der Waals surface area (Å²) in [5.74, 6) is -4.85. The summed E-state index contributed by atoms with van der Waals surface area (Å²) in [4.78, 5) is 23.4. The molecule has 2 rings (SSSR count). The zero-order valence-electron chi connectivity index (χ0n) is 14.0. The Hall–Kier alpha value is -2.10. The second-order valence-corrected chi connectivity index (χ2v) is 7.79. The van der Waals surface area contributed by atoms with Crippen molar-refractivity contribution < 1.29 is 31.2 Å². The first kappa shape index (κ1) is 20.2. The van der Waals surface area contributed by atoms with Gasteiger partial charge in [-0.15, -0.1) is 0 Å². The molecular weight excluding hydrogens is 373 g/mol. The van der Waals surface area contributed by atoms with Crippen molar-refractivity contribution in [2.45, 2.75) is 36.8 Å². The standard InChI is InChI=1S/C16H19F3N2O4S/c1-20-14(22)10-6-8-11(9-7-10)26(24,25)21-15(23)12-4-2-3-5-13(12)16(17,18)19/h6-9,12-13H,2-5H2,1H3,(H,20,22)(H,21,23)/t12-,13-/m1/s1. The van der Waals surface area contributed by atoms with E-state index in [2.05, 4.69) is 5.32 Å². The number of carbonyl (C=O) groups is 2. The van der Waals surface area contributed by atoms with Gasteiger partial charge in [-0.25, -0.2) is 13.1 Å². The van der Waals surface area contributed by atoms with Crippen LogP contribution >= 0.6 is 0 Å². The zero-order chi connectivity index (χ0) is 19.5. The van der Waals surface area contributed by atoms with Crippen LogP contribution in [0.2, 0.25) is 0 Å². The predicted molar refractivity (Wildman–Crippen MR) is 86.7 cm³/mol. The average Bonchev–Trinajstić information content (AvgIpc) is 2.60. The van der Waals surface area contributed by atoms with Gasteiger partial charge in [0.15, 0.2) is 0 Å². The normalized spacial score (nSPS) is 21.1. The molecule has 1 aromatic rings. The lowest BCUT2D eigenvalue weighted by molar-refractivity contribution is -0.197. The molecule has 0 bridgehead atoms. The second kappa shape index (κ2) is 7.65. The van der Waals surface area contributed by atoms with Crippen LogP contribution in [-0.4, -0.2) is 33.5 Å². The highest BCUT2D eigenvalue weighted by molar-refractivity contribution is 7.90. The molecule has 144 valence electrons. The van der Waals surface area contributed by atoms with E-state index in [9.17, 15) is 31.2 Å². The minimum atomic E-state index is -4.55. The first-order chi connectivity index (χ1) is 12.1. The summed E-state index contributed by atoms with van der Waals surface area (Å²) < 4.78 is 65.6. The number of halogens is 3. The van der Waals surface area contributed by atoms with Gasteiger partial charge < -0.3 is 5.32 Å². The highest BCUT2D eigenvalue weighted by atomic mass is 32.2. The smallest absolute Gasteiger partial charge is 0.355 e. The molecule has 0 aromatic heterocycles. The molecule has 1 fully saturated rings. The van der Waals surface area contributed by atoms with E-state index in [0.29, 0.717) is 12.8 Å². The fraction of sp³-hybridized carbons (Fsp3) is 0.500. The van der Waals surface area contributed by atoms with Crippen molar-refractivity contribution in [3.05, 3.63) is 29.8 Å². The lowest BCUT2D eigenvalue weighted by Gasteiger charge is -2.31. The van der Waals surface area contributed by atoms with Crippen LogP contribution in [0, 0.1) is 11.8 Å². The number of alkyl halides is 3. The van der Waals surface area contributed by atoms with Gasteiger partial charge in [-0.05, 0) is 37.1 Å². The van der Waals surface area contributed by atoms with E-state index in [-0.39, 0.29) is 23.3 Å². The zero-order valence-corrected chi connectivity index (χ0v) is 14.8. The minimum Gasteiger partial charge on any atom is -0.355 e. The number of carbonyl (C=O) groups excluding carboxylic acids is 2. The minimum absolute atomic E-state index is 0.0128. The van der Waals surface area contributed by atoms with Gasteiger partial charge in [-0.2, -0.15) is 13.2 Å². The number of benzene rings is 1. The summed E-state index contributed by atoms with van der Waals surface area (Å²) in [5, 5.41) is 2.37. The highest BCUT2D eigenvalue weighted by Gasteiger charge is 2.48. The summed E-state index contributed by atoms with van der Waals surface area (Å²) in [6, 6.07) is 4.72. The Balaban J connectivity index is 2.17. The van der Waals surface area contributed by atoms with Crippen molar-refractivity contribution >= 4 is 21.8 Å².